The van der Waals surface area contributed by atoms with Crippen LogP contribution in [0.3, 0.4) is 0 Å². The monoisotopic (exact) mass is 538 g/mol. The Labute approximate surface area is 217 Å². The number of nitrogens with one attached hydrogen (secondary N) is 1. The van der Waals surface area contributed by atoms with Gasteiger partial charge in [-0.05, 0) is 37.0 Å². The molecule has 1 aliphatic carbocycles. The summed E-state index contributed by atoms with van der Waals surface area (Å²) >= 11 is 0. The van der Waals surface area contributed by atoms with E-state index in [0.717, 1.165) is 4.52 Å². The zero-order valence-electron chi connectivity index (χ0n) is 20.5. The molecule has 0 amide bonds. The summed E-state index contributed by atoms with van der Waals surface area (Å²) in [5, 5.41) is 11.8. The topological polar surface area (TPSA) is 123 Å². The first-order chi connectivity index (χ1) is 18.7. The molecule has 2 N–H and O–H groups in total. The number of ether oxygens (including phenoxy) is 1. The Kier molecular flexibility index (Phi) is 5.70. The molecule has 9 nitrogen and oxygen atoms in total. The van der Waals surface area contributed by atoms with Crippen molar-refractivity contribution < 1.29 is 32.2 Å². The van der Waals surface area contributed by atoms with E-state index in [1.54, 1.807) is 36.4 Å². The number of rotatable bonds is 5. The molecule has 5 aromatic rings. The maximum atomic E-state index is 14.2. The Bertz CT molecular complexity index is 1790. The number of hydrogen-bond acceptors (Lipinski definition) is 6. The van der Waals surface area contributed by atoms with Crippen molar-refractivity contribution >= 4 is 22.7 Å². The normalized spacial score (nSPS) is 17.7. The number of fused-ring (bicyclic) bond motifs is 2. The summed E-state index contributed by atoms with van der Waals surface area (Å²) in [6.07, 6.45) is -3.92. The highest BCUT2D eigenvalue weighted by molar-refractivity contribution is 5.84. The van der Waals surface area contributed by atoms with Crippen molar-refractivity contribution in [1.29, 1.82) is 0 Å². The van der Waals surface area contributed by atoms with E-state index in [1.165, 1.54) is 19.2 Å². The van der Waals surface area contributed by atoms with Gasteiger partial charge in [-0.25, -0.2) is 9.97 Å². The van der Waals surface area contributed by atoms with Crippen molar-refractivity contribution in [1.82, 2.24) is 19.6 Å². The standard InChI is InChI=1S/C27H21F3N4O5/c1-38-16-8-5-9-17-21(16)32-24(39-17)19-20(14-10-11-15(12-14)26(36)37)31-23-18(13-6-3-2-4-7-13)22(27(28,29)30)33-34(23)25(19)35/h2-9,14-15,33H,10-12H2,1H3,(H,36,37). The Morgan fingerprint density at radius 1 is 1.10 bits per heavy atom. The van der Waals surface area contributed by atoms with E-state index >= 15 is 0 Å². The molecule has 2 atom stereocenters. The van der Waals surface area contributed by atoms with Gasteiger partial charge in [-0.15, -0.1) is 0 Å². The number of methoxy groups -OCH3 is 1. The summed E-state index contributed by atoms with van der Waals surface area (Å²) in [4.78, 5) is 34.7. The van der Waals surface area contributed by atoms with Crippen LogP contribution in [0.2, 0.25) is 0 Å². The van der Waals surface area contributed by atoms with Crippen molar-refractivity contribution in [3.8, 4) is 28.3 Å². The van der Waals surface area contributed by atoms with Crippen LogP contribution in [-0.4, -0.2) is 37.8 Å². The third-order valence-electron chi connectivity index (χ3n) is 7.14. The molecule has 1 saturated carbocycles. The van der Waals surface area contributed by atoms with E-state index in [0.29, 0.717) is 29.7 Å². The van der Waals surface area contributed by atoms with Gasteiger partial charge in [-0.3, -0.25) is 14.7 Å². The number of benzene rings is 2. The first-order valence-corrected chi connectivity index (χ1v) is 12.1. The Hall–Kier alpha value is -4.61. The molecule has 0 bridgehead atoms. The SMILES string of the molecule is COc1cccc2oc(-c3c(C4CCC(C(=O)O)C4)nc4c(-c5ccccc5)c(C(F)(F)F)[nH]n4c3=O)nc12. The molecule has 0 aliphatic heterocycles. The van der Waals surface area contributed by atoms with Crippen LogP contribution in [0.25, 0.3) is 39.3 Å². The van der Waals surface area contributed by atoms with E-state index in [2.05, 4.69) is 15.1 Å². The molecule has 3 heterocycles. The fraction of sp³-hybridized carbons (Fsp3) is 0.259. The summed E-state index contributed by atoms with van der Waals surface area (Å²) in [5.41, 5.74) is -1.59. The fourth-order valence-corrected chi connectivity index (χ4v) is 5.32. The molecular weight excluding hydrogens is 517 g/mol. The second-order valence-electron chi connectivity index (χ2n) is 9.43. The number of aliphatic carboxylic acids is 1. The lowest BCUT2D eigenvalue weighted by Gasteiger charge is -2.13. The van der Waals surface area contributed by atoms with Gasteiger partial charge in [0.2, 0.25) is 5.89 Å². The predicted octanol–water partition coefficient (Wildman–Crippen LogP) is 5.49. The van der Waals surface area contributed by atoms with Crippen molar-refractivity contribution in [2.75, 3.05) is 7.11 Å². The van der Waals surface area contributed by atoms with Gasteiger partial charge >= 0.3 is 12.1 Å². The number of hydrogen-bond donors (Lipinski definition) is 2. The number of aromatic nitrogens is 4. The van der Waals surface area contributed by atoms with Gasteiger partial charge in [0, 0.05) is 5.92 Å². The molecule has 6 rings (SSSR count). The predicted molar refractivity (Wildman–Crippen MR) is 134 cm³/mol. The minimum Gasteiger partial charge on any atom is -0.494 e. The van der Waals surface area contributed by atoms with Crippen LogP contribution in [0.4, 0.5) is 13.2 Å². The van der Waals surface area contributed by atoms with Gasteiger partial charge in [0.1, 0.15) is 17.0 Å². The maximum absolute atomic E-state index is 14.2. The van der Waals surface area contributed by atoms with Gasteiger partial charge in [-0.2, -0.15) is 17.7 Å². The number of para-hydroxylation sites is 1. The van der Waals surface area contributed by atoms with Crippen LogP contribution < -0.4 is 10.3 Å². The van der Waals surface area contributed by atoms with E-state index in [9.17, 15) is 27.9 Å². The summed E-state index contributed by atoms with van der Waals surface area (Å²) in [5.74, 6) is -1.91. The van der Waals surface area contributed by atoms with Gasteiger partial charge in [0.25, 0.3) is 5.56 Å². The van der Waals surface area contributed by atoms with E-state index in [-0.39, 0.29) is 40.3 Å². The highest BCUT2D eigenvalue weighted by Crippen LogP contribution is 2.43. The molecule has 1 fully saturated rings. The van der Waals surface area contributed by atoms with Crippen molar-refractivity contribution in [3.05, 3.63) is 70.3 Å². The molecule has 1 aliphatic rings. The highest BCUT2D eigenvalue weighted by atomic mass is 19.4. The van der Waals surface area contributed by atoms with E-state index in [4.69, 9.17) is 9.15 Å². The number of halogens is 3. The van der Waals surface area contributed by atoms with Crippen molar-refractivity contribution in [3.63, 3.8) is 0 Å². The molecule has 2 unspecified atom stereocenters. The second kappa shape index (κ2) is 9.00. The van der Waals surface area contributed by atoms with Crippen LogP contribution in [0.15, 0.2) is 57.7 Å². The minimum absolute atomic E-state index is 0.128. The Morgan fingerprint density at radius 3 is 2.54 bits per heavy atom. The molecule has 2 aromatic carbocycles. The molecule has 0 radical (unpaired) electrons. The second-order valence-corrected chi connectivity index (χ2v) is 9.43. The molecule has 39 heavy (non-hydrogen) atoms. The summed E-state index contributed by atoms with van der Waals surface area (Å²) < 4.78 is 54.6. The third kappa shape index (κ3) is 4.03. The first-order valence-electron chi connectivity index (χ1n) is 12.1. The van der Waals surface area contributed by atoms with Gasteiger partial charge in [0.15, 0.2) is 16.7 Å². The molecule has 200 valence electrons. The zero-order chi connectivity index (χ0) is 27.5. The number of alkyl halides is 3. The van der Waals surface area contributed by atoms with Crippen molar-refractivity contribution in [2.45, 2.75) is 31.4 Å². The number of oxazole rings is 1. The molecule has 3 aromatic heterocycles. The number of carboxylic acids is 1. The lowest BCUT2D eigenvalue weighted by Crippen LogP contribution is -2.22. The maximum Gasteiger partial charge on any atom is 0.433 e. The van der Waals surface area contributed by atoms with Crippen LogP contribution in [0.5, 0.6) is 5.75 Å². The fourth-order valence-electron chi connectivity index (χ4n) is 5.32. The average Bonchev–Trinajstić information content (AvgIpc) is 3.65. The zero-order valence-corrected chi connectivity index (χ0v) is 20.5. The van der Waals surface area contributed by atoms with Gasteiger partial charge < -0.3 is 14.3 Å². The number of nitrogens with zero attached hydrogens (tertiary/aromatic N) is 3. The van der Waals surface area contributed by atoms with Gasteiger partial charge in [-0.1, -0.05) is 36.4 Å². The number of H-pyrrole nitrogens is 1. The summed E-state index contributed by atoms with van der Waals surface area (Å²) in [6, 6.07) is 12.8. The number of carbonyl (C=O) groups is 1. The van der Waals surface area contributed by atoms with E-state index in [1.807, 2.05) is 0 Å². The lowest BCUT2D eigenvalue weighted by molar-refractivity contribution is -0.142. The smallest absolute Gasteiger partial charge is 0.433 e. The summed E-state index contributed by atoms with van der Waals surface area (Å²) in [7, 11) is 1.45. The Morgan fingerprint density at radius 2 is 1.87 bits per heavy atom. The molecule has 12 heteroatoms. The first kappa shape index (κ1) is 24.7. The molecular formula is C27H21F3N4O5. The van der Waals surface area contributed by atoms with Gasteiger partial charge in [0.05, 0.1) is 24.3 Å². The summed E-state index contributed by atoms with van der Waals surface area (Å²) in [6.45, 7) is 0. The molecule has 0 spiro atoms. The Balaban J connectivity index is 1.68. The largest absolute Gasteiger partial charge is 0.494 e. The minimum atomic E-state index is -4.82. The number of aromatic amines is 1. The number of carboxylic acid groups (broad SMARTS) is 1. The quantitative estimate of drug-likeness (QED) is 0.303. The van der Waals surface area contributed by atoms with E-state index < -0.39 is 35.2 Å². The van der Waals surface area contributed by atoms with Crippen LogP contribution in [0.1, 0.15) is 36.6 Å². The third-order valence-corrected chi connectivity index (χ3v) is 7.14. The van der Waals surface area contributed by atoms with Crippen LogP contribution in [0, 0.1) is 5.92 Å². The average molecular weight is 538 g/mol. The van der Waals surface area contributed by atoms with Crippen LogP contribution in [-0.2, 0) is 11.0 Å². The molecule has 0 saturated heterocycles. The van der Waals surface area contributed by atoms with Crippen molar-refractivity contribution in [2.24, 2.45) is 5.92 Å². The van der Waals surface area contributed by atoms with Crippen LogP contribution >= 0.6 is 0 Å². The lowest BCUT2D eigenvalue weighted by atomic mass is 9.97. The highest BCUT2D eigenvalue weighted by Gasteiger charge is 2.40.